The maximum absolute atomic E-state index is 11.0. The van der Waals surface area contributed by atoms with Crippen LogP contribution >= 0.6 is 0 Å². The quantitative estimate of drug-likeness (QED) is 0.735. The Balaban J connectivity index is 2.35. The molecule has 0 radical (unpaired) electrons. The average Bonchev–Trinajstić information content (AvgIpc) is 2.18. The molecule has 3 heteroatoms. The molecule has 1 heterocycles. The highest BCUT2D eigenvalue weighted by Gasteiger charge is 2.13. The summed E-state index contributed by atoms with van der Waals surface area (Å²) in [5.74, 6) is -0.0224. The fourth-order valence-corrected chi connectivity index (χ4v) is 1.96. The van der Waals surface area contributed by atoms with E-state index >= 15 is 0 Å². The summed E-state index contributed by atoms with van der Waals surface area (Å²) >= 11 is 0. The van der Waals surface area contributed by atoms with Crippen molar-refractivity contribution in [1.29, 1.82) is 0 Å². The van der Waals surface area contributed by atoms with Gasteiger partial charge in [-0.2, -0.15) is 0 Å². The van der Waals surface area contributed by atoms with Gasteiger partial charge < -0.3 is 5.32 Å². The Bertz CT molecular complexity index is 360. The lowest BCUT2D eigenvalue weighted by molar-refractivity contribution is -0.114. The van der Waals surface area contributed by atoms with Crippen LogP contribution in [0.1, 0.15) is 30.9 Å². The number of amides is 1. The van der Waals surface area contributed by atoms with Gasteiger partial charge in [0.15, 0.2) is 0 Å². The monoisotopic (exact) mass is 190 g/mol. The second kappa shape index (κ2) is 3.78. The van der Waals surface area contributed by atoms with Gasteiger partial charge in [0.1, 0.15) is 0 Å². The third-order valence-corrected chi connectivity index (χ3v) is 2.58. The van der Waals surface area contributed by atoms with Gasteiger partial charge in [0, 0.05) is 13.1 Å². The van der Waals surface area contributed by atoms with Gasteiger partial charge >= 0.3 is 0 Å². The zero-order valence-corrected chi connectivity index (χ0v) is 8.34. The number of hydrogen-bond acceptors (Lipinski definition) is 2. The van der Waals surface area contributed by atoms with Crippen molar-refractivity contribution in [2.45, 2.75) is 32.6 Å². The molecule has 0 aromatic carbocycles. The van der Waals surface area contributed by atoms with Gasteiger partial charge in [-0.15, -0.1) is 0 Å². The molecule has 1 aliphatic carbocycles. The van der Waals surface area contributed by atoms with Gasteiger partial charge in [-0.05, 0) is 36.8 Å². The van der Waals surface area contributed by atoms with E-state index in [0.29, 0.717) is 0 Å². The van der Waals surface area contributed by atoms with Crippen LogP contribution in [0.15, 0.2) is 12.4 Å². The first-order valence-electron chi connectivity index (χ1n) is 5.00. The predicted molar refractivity (Wildman–Crippen MR) is 55.2 cm³/mol. The van der Waals surface area contributed by atoms with E-state index in [-0.39, 0.29) is 5.91 Å². The number of pyridine rings is 1. The summed E-state index contributed by atoms with van der Waals surface area (Å²) < 4.78 is 0. The molecule has 1 aliphatic rings. The van der Waals surface area contributed by atoms with E-state index in [4.69, 9.17) is 0 Å². The minimum absolute atomic E-state index is 0.0224. The van der Waals surface area contributed by atoms with Crippen molar-refractivity contribution >= 4 is 11.6 Å². The first-order valence-corrected chi connectivity index (χ1v) is 5.00. The van der Waals surface area contributed by atoms with E-state index in [9.17, 15) is 4.79 Å². The van der Waals surface area contributed by atoms with Gasteiger partial charge in [0.25, 0.3) is 0 Å². The molecule has 0 bridgehead atoms. The highest BCUT2D eigenvalue weighted by Crippen LogP contribution is 2.26. The third-order valence-electron chi connectivity index (χ3n) is 2.58. The molecule has 1 N–H and O–H groups in total. The lowest BCUT2D eigenvalue weighted by Crippen LogP contribution is -2.12. The number of rotatable bonds is 1. The minimum atomic E-state index is -0.0224. The molecule has 3 nitrogen and oxygen atoms in total. The number of nitrogens with one attached hydrogen (secondary N) is 1. The van der Waals surface area contributed by atoms with E-state index in [1.54, 1.807) is 6.20 Å². The van der Waals surface area contributed by atoms with Gasteiger partial charge in [-0.3, -0.25) is 9.78 Å². The Morgan fingerprint density at radius 1 is 1.36 bits per heavy atom. The normalized spacial score (nSPS) is 14.6. The van der Waals surface area contributed by atoms with Crippen LogP contribution in [0.4, 0.5) is 5.69 Å². The number of fused-ring (bicyclic) bond motifs is 1. The summed E-state index contributed by atoms with van der Waals surface area (Å²) in [6.45, 7) is 1.53. The number of carbonyl (C=O) groups is 1. The summed E-state index contributed by atoms with van der Waals surface area (Å²) in [7, 11) is 0. The molecule has 74 valence electrons. The Hall–Kier alpha value is -1.38. The first kappa shape index (κ1) is 9.19. The van der Waals surface area contributed by atoms with E-state index in [1.807, 2.05) is 6.20 Å². The fraction of sp³-hybridized carbons (Fsp3) is 0.455. The van der Waals surface area contributed by atoms with Crippen LogP contribution in [0.25, 0.3) is 0 Å². The topological polar surface area (TPSA) is 42.0 Å². The van der Waals surface area contributed by atoms with Crippen LogP contribution < -0.4 is 5.32 Å². The van der Waals surface area contributed by atoms with Crippen molar-refractivity contribution in [3.05, 3.63) is 23.5 Å². The molecular formula is C11H14N2O. The van der Waals surface area contributed by atoms with Crippen molar-refractivity contribution in [3.63, 3.8) is 0 Å². The number of aromatic nitrogens is 1. The second-order valence-electron chi connectivity index (χ2n) is 3.71. The number of nitrogens with zero attached hydrogens (tertiary/aromatic N) is 1. The van der Waals surface area contributed by atoms with Crippen LogP contribution in [-0.4, -0.2) is 10.9 Å². The Morgan fingerprint density at radius 3 is 2.93 bits per heavy atom. The zero-order valence-electron chi connectivity index (χ0n) is 8.34. The highest BCUT2D eigenvalue weighted by molar-refractivity contribution is 5.89. The van der Waals surface area contributed by atoms with Gasteiger partial charge in [-0.25, -0.2) is 0 Å². The maximum Gasteiger partial charge on any atom is 0.221 e. The lowest BCUT2D eigenvalue weighted by Gasteiger charge is -2.18. The van der Waals surface area contributed by atoms with E-state index in [1.165, 1.54) is 30.9 Å². The SMILES string of the molecule is CC(=O)Nc1cncc2c1CCCC2. The number of aryl methyl sites for hydroxylation is 1. The number of anilines is 1. The minimum Gasteiger partial charge on any atom is -0.325 e. The van der Waals surface area contributed by atoms with Gasteiger partial charge in [0.05, 0.1) is 11.9 Å². The molecule has 0 spiro atoms. The molecule has 0 saturated carbocycles. The summed E-state index contributed by atoms with van der Waals surface area (Å²) in [5.41, 5.74) is 3.47. The van der Waals surface area contributed by atoms with Crippen LogP contribution in [0.5, 0.6) is 0 Å². The third kappa shape index (κ3) is 1.76. The molecule has 0 saturated heterocycles. The standard InChI is InChI=1S/C11H14N2O/c1-8(14)13-11-7-12-6-9-4-2-3-5-10(9)11/h6-7H,2-5H2,1H3,(H,13,14). The fourth-order valence-electron chi connectivity index (χ4n) is 1.96. The Labute approximate surface area is 83.5 Å². The Morgan fingerprint density at radius 2 is 2.14 bits per heavy atom. The zero-order chi connectivity index (χ0) is 9.97. The highest BCUT2D eigenvalue weighted by atomic mass is 16.1. The predicted octanol–water partition coefficient (Wildman–Crippen LogP) is 1.92. The largest absolute Gasteiger partial charge is 0.325 e. The lowest BCUT2D eigenvalue weighted by atomic mass is 9.92. The van der Waals surface area contributed by atoms with Gasteiger partial charge in [-0.1, -0.05) is 0 Å². The smallest absolute Gasteiger partial charge is 0.221 e. The summed E-state index contributed by atoms with van der Waals surface area (Å²) in [6, 6.07) is 0. The van der Waals surface area contributed by atoms with E-state index < -0.39 is 0 Å². The van der Waals surface area contributed by atoms with E-state index in [2.05, 4.69) is 10.3 Å². The first-order chi connectivity index (χ1) is 6.77. The van der Waals surface area contributed by atoms with Crippen molar-refractivity contribution in [2.24, 2.45) is 0 Å². The molecule has 1 aromatic heterocycles. The molecule has 1 amide bonds. The molecular weight excluding hydrogens is 176 g/mol. The summed E-state index contributed by atoms with van der Waals surface area (Å²) in [4.78, 5) is 15.1. The summed E-state index contributed by atoms with van der Waals surface area (Å²) in [6.07, 6.45) is 8.26. The van der Waals surface area contributed by atoms with Crippen molar-refractivity contribution < 1.29 is 4.79 Å². The number of carbonyl (C=O) groups excluding carboxylic acids is 1. The molecule has 0 atom stereocenters. The maximum atomic E-state index is 11.0. The van der Waals surface area contributed by atoms with Gasteiger partial charge in [0.2, 0.25) is 5.91 Å². The molecule has 0 aliphatic heterocycles. The second-order valence-corrected chi connectivity index (χ2v) is 3.71. The van der Waals surface area contributed by atoms with Crippen molar-refractivity contribution in [3.8, 4) is 0 Å². The molecule has 1 aromatic rings. The van der Waals surface area contributed by atoms with Crippen LogP contribution in [-0.2, 0) is 17.6 Å². The average molecular weight is 190 g/mol. The Kier molecular flexibility index (Phi) is 2.48. The van der Waals surface area contributed by atoms with Crippen LogP contribution in [0.2, 0.25) is 0 Å². The van der Waals surface area contributed by atoms with Crippen molar-refractivity contribution in [2.75, 3.05) is 5.32 Å². The molecule has 0 fully saturated rings. The van der Waals surface area contributed by atoms with E-state index in [0.717, 1.165) is 18.5 Å². The van der Waals surface area contributed by atoms with Crippen LogP contribution in [0.3, 0.4) is 0 Å². The summed E-state index contributed by atoms with van der Waals surface area (Å²) in [5, 5.41) is 2.83. The van der Waals surface area contributed by atoms with Crippen molar-refractivity contribution in [1.82, 2.24) is 4.98 Å². The van der Waals surface area contributed by atoms with Crippen LogP contribution in [0, 0.1) is 0 Å². The molecule has 0 unspecified atom stereocenters. The molecule has 14 heavy (non-hydrogen) atoms. The number of hydrogen-bond donors (Lipinski definition) is 1. The molecule has 2 rings (SSSR count).